The molecule has 6 nitrogen and oxygen atoms in total. The van der Waals surface area contributed by atoms with E-state index in [1.54, 1.807) is 48.5 Å². The fourth-order valence-electron chi connectivity index (χ4n) is 3.15. The molecule has 0 aliphatic carbocycles. The predicted octanol–water partition coefficient (Wildman–Crippen LogP) is 5.76. The van der Waals surface area contributed by atoms with Gasteiger partial charge in [-0.15, -0.1) is 0 Å². The van der Waals surface area contributed by atoms with Gasteiger partial charge in [0.1, 0.15) is 11.5 Å². The minimum absolute atomic E-state index is 0.199. The summed E-state index contributed by atoms with van der Waals surface area (Å²) in [5.74, 6) is -0.0780. The number of carbonyl (C=O) groups is 2. The number of rotatable bonds is 8. The van der Waals surface area contributed by atoms with Crippen LogP contribution in [-0.4, -0.2) is 24.7 Å². The van der Waals surface area contributed by atoms with E-state index in [-0.39, 0.29) is 6.61 Å². The summed E-state index contributed by atoms with van der Waals surface area (Å²) in [5.41, 5.74) is 5.45. The smallest absolute Gasteiger partial charge is 0.343 e. The van der Waals surface area contributed by atoms with Gasteiger partial charge in [0.2, 0.25) is 0 Å². The molecule has 0 bridgehead atoms. The van der Waals surface area contributed by atoms with Gasteiger partial charge in [0, 0.05) is 10.6 Å². The summed E-state index contributed by atoms with van der Waals surface area (Å²) in [6, 6.07) is 30.7. The molecule has 4 aromatic carbocycles. The molecule has 1 N–H and O–H groups in total. The number of carbonyl (C=O) groups excluding carboxylic acids is 2. The van der Waals surface area contributed by atoms with Crippen molar-refractivity contribution < 1.29 is 19.1 Å². The molecule has 7 heteroatoms. The second-order valence-electron chi connectivity index (χ2n) is 7.41. The molecule has 35 heavy (non-hydrogen) atoms. The van der Waals surface area contributed by atoms with Gasteiger partial charge in [-0.3, -0.25) is 4.79 Å². The Labute approximate surface area is 207 Å². The Kier molecular flexibility index (Phi) is 7.88. The van der Waals surface area contributed by atoms with Crippen molar-refractivity contribution in [1.82, 2.24) is 5.43 Å². The number of hydrogen-bond acceptors (Lipinski definition) is 5. The fourth-order valence-corrected chi connectivity index (χ4v) is 3.28. The Hall–Kier alpha value is -4.42. The van der Waals surface area contributed by atoms with E-state index in [1.807, 2.05) is 54.6 Å². The quantitative estimate of drug-likeness (QED) is 0.149. The van der Waals surface area contributed by atoms with Crippen LogP contribution in [0.25, 0.3) is 11.1 Å². The molecule has 1 amide bonds. The highest BCUT2D eigenvalue weighted by molar-refractivity contribution is 6.30. The first-order valence-corrected chi connectivity index (χ1v) is 11.1. The van der Waals surface area contributed by atoms with Crippen molar-refractivity contribution in [3.63, 3.8) is 0 Å². The molecule has 174 valence electrons. The Morgan fingerprint density at radius 3 is 2.20 bits per heavy atom. The lowest BCUT2D eigenvalue weighted by atomic mass is 10.1. The van der Waals surface area contributed by atoms with Crippen LogP contribution in [0.1, 0.15) is 15.9 Å². The van der Waals surface area contributed by atoms with Crippen molar-refractivity contribution in [2.24, 2.45) is 5.10 Å². The molecule has 0 aliphatic rings. The summed E-state index contributed by atoms with van der Waals surface area (Å²) in [5, 5.41) is 4.47. The van der Waals surface area contributed by atoms with Crippen molar-refractivity contribution in [2.45, 2.75) is 0 Å². The van der Waals surface area contributed by atoms with E-state index < -0.39 is 11.9 Å². The van der Waals surface area contributed by atoms with Crippen LogP contribution in [0, 0.1) is 0 Å². The molecule has 0 saturated carbocycles. The van der Waals surface area contributed by atoms with E-state index in [9.17, 15) is 9.59 Å². The van der Waals surface area contributed by atoms with Gasteiger partial charge in [-0.2, -0.15) is 5.10 Å². The van der Waals surface area contributed by atoms with Crippen LogP contribution >= 0.6 is 11.6 Å². The highest BCUT2D eigenvalue weighted by atomic mass is 35.5. The third kappa shape index (κ3) is 6.79. The second-order valence-corrected chi connectivity index (χ2v) is 7.84. The van der Waals surface area contributed by atoms with Crippen LogP contribution in [0.2, 0.25) is 5.02 Å². The molecule has 0 radical (unpaired) electrons. The van der Waals surface area contributed by atoms with Gasteiger partial charge in [-0.05, 0) is 59.7 Å². The van der Waals surface area contributed by atoms with Crippen LogP contribution in [0.4, 0.5) is 0 Å². The van der Waals surface area contributed by atoms with Crippen LogP contribution in [0.5, 0.6) is 11.5 Å². The summed E-state index contributed by atoms with van der Waals surface area (Å²) < 4.78 is 11.0. The zero-order chi connectivity index (χ0) is 24.5. The molecule has 0 saturated heterocycles. The van der Waals surface area contributed by atoms with E-state index in [4.69, 9.17) is 21.1 Å². The van der Waals surface area contributed by atoms with E-state index in [0.717, 1.165) is 11.1 Å². The third-order valence-corrected chi connectivity index (χ3v) is 5.18. The first-order valence-electron chi connectivity index (χ1n) is 10.8. The number of hydrogen-bond donors (Lipinski definition) is 1. The summed E-state index contributed by atoms with van der Waals surface area (Å²) in [6.45, 7) is -0.199. The van der Waals surface area contributed by atoms with Gasteiger partial charge in [-0.25, -0.2) is 10.2 Å². The van der Waals surface area contributed by atoms with Gasteiger partial charge in [0.15, 0.2) is 6.61 Å². The SMILES string of the molecule is O=C(COc1ccc(-c2ccccc2)cc1)NN=Cc1ccccc1OC(=O)c1ccc(Cl)cc1. The Morgan fingerprint density at radius 2 is 1.46 bits per heavy atom. The Morgan fingerprint density at radius 1 is 0.800 bits per heavy atom. The molecule has 0 atom stereocenters. The topological polar surface area (TPSA) is 77.0 Å². The Bertz CT molecular complexity index is 1320. The number of hydrazone groups is 1. The molecular weight excluding hydrogens is 464 g/mol. The second kappa shape index (κ2) is 11.6. The molecule has 0 unspecified atom stereocenters. The van der Waals surface area contributed by atoms with E-state index in [0.29, 0.717) is 27.6 Å². The predicted molar refractivity (Wildman–Crippen MR) is 136 cm³/mol. The van der Waals surface area contributed by atoms with Gasteiger partial charge >= 0.3 is 5.97 Å². The van der Waals surface area contributed by atoms with Gasteiger partial charge < -0.3 is 9.47 Å². The average Bonchev–Trinajstić information content (AvgIpc) is 2.89. The average molecular weight is 485 g/mol. The zero-order valence-electron chi connectivity index (χ0n) is 18.6. The molecule has 4 rings (SSSR count). The summed E-state index contributed by atoms with van der Waals surface area (Å²) in [4.78, 5) is 24.5. The maximum Gasteiger partial charge on any atom is 0.343 e. The standard InChI is InChI=1S/C28H21ClN2O4/c29-24-14-10-22(11-15-24)28(33)35-26-9-5-4-8-23(26)18-30-31-27(32)19-34-25-16-12-21(13-17-25)20-6-2-1-3-7-20/h1-18H,19H2,(H,31,32). The maximum atomic E-state index is 12.4. The van der Waals surface area contributed by atoms with Crippen molar-refractivity contribution in [2.75, 3.05) is 6.61 Å². The highest BCUT2D eigenvalue weighted by Gasteiger charge is 2.11. The van der Waals surface area contributed by atoms with E-state index >= 15 is 0 Å². The minimum Gasteiger partial charge on any atom is -0.484 e. The van der Waals surface area contributed by atoms with Crippen molar-refractivity contribution in [1.29, 1.82) is 0 Å². The first-order chi connectivity index (χ1) is 17.1. The molecule has 0 spiro atoms. The highest BCUT2D eigenvalue weighted by Crippen LogP contribution is 2.22. The number of para-hydroxylation sites is 1. The number of amides is 1. The Balaban J connectivity index is 1.29. The lowest BCUT2D eigenvalue weighted by Gasteiger charge is -2.08. The van der Waals surface area contributed by atoms with Gasteiger partial charge in [-0.1, -0.05) is 66.2 Å². The van der Waals surface area contributed by atoms with Crippen molar-refractivity contribution in [3.05, 3.63) is 119 Å². The number of ether oxygens (including phenoxy) is 2. The number of benzene rings is 4. The lowest BCUT2D eigenvalue weighted by Crippen LogP contribution is -2.24. The monoisotopic (exact) mass is 484 g/mol. The van der Waals surface area contributed by atoms with Crippen LogP contribution < -0.4 is 14.9 Å². The molecular formula is C28H21ClN2O4. The zero-order valence-corrected chi connectivity index (χ0v) is 19.3. The van der Waals surface area contributed by atoms with Gasteiger partial charge in [0.25, 0.3) is 5.91 Å². The van der Waals surface area contributed by atoms with Gasteiger partial charge in [0.05, 0.1) is 11.8 Å². The summed E-state index contributed by atoms with van der Waals surface area (Å²) >= 11 is 5.86. The lowest BCUT2D eigenvalue weighted by molar-refractivity contribution is -0.123. The van der Waals surface area contributed by atoms with Crippen LogP contribution in [-0.2, 0) is 4.79 Å². The van der Waals surface area contributed by atoms with E-state index in [2.05, 4.69) is 10.5 Å². The van der Waals surface area contributed by atoms with Crippen LogP contribution in [0.15, 0.2) is 108 Å². The number of halogens is 1. The molecule has 0 aliphatic heterocycles. The molecule has 0 aromatic heterocycles. The summed E-state index contributed by atoms with van der Waals surface area (Å²) in [6.07, 6.45) is 1.40. The largest absolute Gasteiger partial charge is 0.484 e. The number of nitrogens with one attached hydrogen (secondary N) is 1. The maximum absolute atomic E-state index is 12.4. The minimum atomic E-state index is -0.529. The van der Waals surface area contributed by atoms with Crippen molar-refractivity contribution >= 4 is 29.7 Å². The molecule has 4 aromatic rings. The fraction of sp³-hybridized carbons (Fsp3) is 0.0357. The third-order valence-electron chi connectivity index (χ3n) is 4.93. The van der Waals surface area contributed by atoms with Crippen LogP contribution in [0.3, 0.4) is 0 Å². The molecule has 0 fully saturated rings. The number of esters is 1. The van der Waals surface area contributed by atoms with Crippen molar-refractivity contribution in [3.8, 4) is 22.6 Å². The normalized spacial score (nSPS) is 10.7. The number of nitrogens with zero attached hydrogens (tertiary/aromatic N) is 1. The van der Waals surface area contributed by atoms with E-state index in [1.165, 1.54) is 6.21 Å². The first kappa shape index (κ1) is 23.7. The summed E-state index contributed by atoms with van der Waals surface area (Å²) in [7, 11) is 0. The molecule has 0 heterocycles.